The Morgan fingerprint density at radius 3 is 3.04 bits per heavy atom. The molecule has 2 aromatic rings. The molecular formula is C16H19FN4O2. The average Bonchev–Trinajstić information content (AvgIpc) is 3.03. The highest BCUT2D eigenvalue weighted by Crippen LogP contribution is 2.34. The summed E-state index contributed by atoms with van der Waals surface area (Å²) in [5.41, 5.74) is -0.0765. The zero-order valence-electron chi connectivity index (χ0n) is 13.0. The first kappa shape index (κ1) is 15.5. The van der Waals surface area contributed by atoms with Gasteiger partial charge in [-0.2, -0.15) is 4.39 Å². The molecule has 1 fully saturated rings. The highest BCUT2D eigenvalue weighted by molar-refractivity contribution is 5.64. The van der Waals surface area contributed by atoms with E-state index in [0.717, 1.165) is 31.2 Å². The van der Waals surface area contributed by atoms with Gasteiger partial charge in [-0.1, -0.05) is 13.0 Å². The quantitative estimate of drug-likeness (QED) is 0.640. The summed E-state index contributed by atoms with van der Waals surface area (Å²) in [5, 5.41) is 11.2. The molecule has 1 saturated heterocycles. The molecule has 0 spiro atoms. The predicted molar refractivity (Wildman–Crippen MR) is 85.1 cm³/mol. The molecule has 1 aromatic carbocycles. The number of aromatic nitrogens is 2. The Labute approximate surface area is 133 Å². The first-order chi connectivity index (χ1) is 11.1. The Hall–Kier alpha value is -2.44. The van der Waals surface area contributed by atoms with Gasteiger partial charge in [-0.15, -0.1) is 0 Å². The standard InChI is InChI=1S/C16H19FN4O2/c1-2-15-18-8-10-20(15)12-5-4-9-19(11-12)14-7-3-6-13(17)16(14)21(22)23/h3,6-8,10,12H,2,4-5,9,11H2,1H3/t12-/m0/s1. The Morgan fingerprint density at radius 1 is 1.48 bits per heavy atom. The van der Waals surface area contributed by atoms with Crippen LogP contribution in [0, 0.1) is 15.9 Å². The molecule has 0 N–H and O–H groups in total. The molecule has 7 heteroatoms. The van der Waals surface area contributed by atoms with Gasteiger partial charge in [0.25, 0.3) is 0 Å². The van der Waals surface area contributed by atoms with E-state index in [-0.39, 0.29) is 6.04 Å². The van der Waals surface area contributed by atoms with E-state index in [2.05, 4.69) is 16.5 Å². The molecule has 1 aromatic heterocycles. The maximum Gasteiger partial charge on any atom is 0.327 e. The van der Waals surface area contributed by atoms with Crippen molar-refractivity contribution in [3.05, 3.63) is 52.3 Å². The lowest BCUT2D eigenvalue weighted by molar-refractivity contribution is -0.386. The van der Waals surface area contributed by atoms with Crippen LogP contribution in [0.5, 0.6) is 0 Å². The minimum Gasteiger partial charge on any atom is -0.364 e. The van der Waals surface area contributed by atoms with Crippen molar-refractivity contribution in [1.82, 2.24) is 9.55 Å². The van der Waals surface area contributed by atoms with Crippen LogP contribution >= 0.6 is 0 Å². The number of nitro benzene ring substituents is 1. The second-order valence-corrected chi connectivity index (χ2v) is 5.71. The molecule has 2 heterocycles. The van der Waals surface area contributed by atoms with Crippen molar-refractivity contribution in [1.29, 1.82) is 0 Å². The summed E-state index contributed by atoms with van der Waals surface area (Å²) in [4.78, 5) is 16.8. The van der Waals surface area contributed by atoms with Gasteiger partial charge in [0.1, 0.15) is 11.5 Å². The molecule has 23 heavy (non-hydrogen) atoms. The van der Waals surface area contributed by atoms with Gasteiger partial charge < -0.3 is 9.47 Å². The Morgan fingerprint density at radius 2 is 2.30 bits per heavy atom. The zero-order valence-corrected chi connectivity index (χ0v) is 13.0. The minimum atomic E-state index is -0.786. The number of imidazole rings is 1. The van der Waals surface area contributed by atoms with Crippen LogP contribution < -0.4 is 4.90 Å². The lowest BCUT2D eigenvalue weighted by Crippen LogP contribution is -2.37. The van der Waals surface area contributed by atoms with Gasteiger partial charge in [0, 0.05) is 31.9 Å². The number of nitrogens with zero attached hydrogens (tertiary/aromatic N) is 4. The van der Waals surface area contributed by atoms with E-state index in [0.29, 0.717) is 18.8 Å². The van der Waals surface area contributed by atoms with Gasteiger partial charge in [-0.3, -0.25) is 10.1 Å². The Balaban J connectivity index is 1.90. The summed E-state index contributed by atoms with van der Waals surface area (Å²) in [5.74, 6) is 0.220. The van der Waals surface area contributed by atoms with E-state index in [9.17, 15) is 14.5 Å². The third-order valence-corrected chi connectivity index (χ3v) is 4.34. The highest BCUT2D eigenvalue weighted by atomic mass is 19.1. The van der Waals surface area contributed by atoms with Gasteiger partial charge in [-0.25, -0.2) is 4.98 Å². The van der Waals surface area contributed by atoms with Crippen LogP contribution in [-0.4, -0.2) is 27.6 Å². The number of hydrogen-bond donors (Lipinski definition) is 0. The molecule has 0 aliphatic carbocycles. The van der Waals surface area contributed by atoms with Gasteiger partial charge in [-0.05, 0) is 25.0 Å². The number of hydrogen-bond acceptors (Lipinski definition) is 4. The minimum absolute atomic E-state index is 0.198. The average molecular weight is 318 g/mol. The zero-order chi connectivity index (χ0) is 16.4. The topological polar surface area (TPSA) is 64.2 Å². The summed E-state index contributed by atoms with van der Waals surface area (Å²) < 4.78 is 16.0. The van der Waals surface area contributed by atoms with E-state index in [1.807, 2.05) is 11.1 Å². The molecule has 6 nitrogen and oxygen atoms in total. The van der Waals surface area contributed by atoms with Gasteiger partial charge in [0.05, 0.1) is 11.0 Å². The first-order valence-corrected chi connectivity index (χ1v) is 7.81. The molecular weight excluding hydrogens is 299 g/mol. The lowest BCUT2D eigenvalue weighted by Gasteiger charge is -2.35. The van der Waals surface area contributed by atoms with E-state index < -0.39 is 16.4 Å². The maximum atomic E-state index is 13.9. The third-order valence-electron chi connectivity index (χ3n) is 4.34. The van der Waals surface area contributed by atoms with Crippen molar-refractivity contribution in [3.8, 4) is 0 Å². The van der Waals surface area contributed by atoms with E-state index in [1.165, 1.54) is 6.07 Å². The number of halogens is 1. The van der Waals surface area contributed by atoms with Crippen molar-refractivity contribution in [3.63, 3.8) is 0 Å². The van der Waals surface area contributed by atoms with Gasteiger partial charge in [0.2, 0.25) is 5.82 Å². The van der Waals surface area contributed by atoms with Crippen LogP contribution in [0.15, 0.2) is 30.6 Å². The molecule has 0 unspecified atom stereocenters. The molecule has 1 aliphatic rings. The maximum absolute atomic E-state index is 13.9. The molecule has 0 radical (unpaired) electrons. The number of nitro groups is 1. The molecule has 122 valence electrons. The van der Waals surface area contributed by atoms with Crippen LogP contribution in [-0.2, 0) is 6.42 Å². The van der Waals surface area contributed by atoms with Crippen LogP contribution in [0.25, 0.3) is 0 Å². The fourth-order valence-corrected chi connectivity index (χ4v) is 3.29. The smallest absolute Gasteiger partial charge is 0.327 e. The van der Waals surface area contributed by atoms with Crippen LogP contribution in [0.4, 0.5) is 15.8 Å². The number of piperidine rings is 1. The van der Waals surface area contributed by atoms with E-state index >= 15 is 0 Å². The molecule has 0 amide bonds. The van der Waals surface area contributed by atoms with Crippen molar-refractivity contribution in [2.24, 2.45) is 0 Å². The highest BCUT2D eigenvalue weighted by Gasteiger charge is 2.29. The monoisotopic (exact) mass is 318 g/mol. The predicted octanol–water partition coefficient (Wildman–Crippen LogP) is 3.33. The summed E-state index contributed by atoms with van der Waals surface area (Å²) in [7, 11) is 0. The largest absolute Gasteiger partial charge is 0.364 e. The second-order valence-electron chi connectivity index (χ2n) is 5.71. The Kier molecular flexibility index (Phi) is 4.27. The van der Waals surface area contributed by atoms with Crippen molar-refractivity contribution < 1.29 is 9.31 Å². The fraction of sp³-hybridized carbons (Fsp3) is 0.438. The van der Waals surface area contributed by atoms with Crippen LogP contribution in [0.2, 0.25) is 0 Å². The van der Waals surface area contributed by atoms with Gasteiger partial charge in [0.15, 0.2) is 0 Å². The van der Waals surface area contributed by atoms with Crippen LogP contribution in [0.1, 0.15) is 31.6 Å². The number of aryl methyl sites for hydroxylation is 1. The number of anilines is 1. The summed E-state index contributed by atoms with van der Waals surface area (Å²) in [6, 6.07) is 4.48. The normalized spacial score (nSPS) is 18.2. The third kappa shape index (κ3) is 2.91. The molecule has 3 rings (SSSR count). The number of benzene rings is 1. The van der Waals surface area contributed by atoms with E-state index in [1.54, 1.807) is 12.3 Å². The number of para-hydroxylation sites is 1. The van der Waals surface area contributed by atoms with Crippen molar-refractivity contribution in [2.45, 2.75) is 32.2 Å². The molecule has 1 atom stereocenters. The summed E-state index contributed by atoms with van der Waals surface area (Å²) in [6.07, 6.45) is 6.46. The fourth-order valence-electron chi connectivity index (χ4n) is 3.29. The molecule has 1 aliphatic heterocycles. The molecule has 0 bridgehead atoms. The first-order valence-electron chi connectivity index (χ1n) is 7.81. The van der Waals surface area contributed by atoms with Crippen molar-refractivity contribution >= 4 is 11.4 Å². The number of rotatable bonds is 4. The SMILES string of the molecule is CCc1nccn1[C@H]1CCCN(c2cccc(F)c2[N+](=O)[O-])C1. The van der Waals surface area contributed by atoms with E-state index in [4.69, 9.17) is 0 Å². The lowest BCUT2D eigenvalue weighted by atomic mass is 10.0. The van der Waals surface area contributed by atoms with Crippen LogP contribution in [0.3, 0.4) is 0 Å². The summed E-state index contributed by atoms with van der Waals surface area (Å²) >= 11 is 0. The Bertz CT molecular complexity index is 716. The molecule has 0 saturated carbocycles. The summed E-state index contributed by atoms with van der Waals surface area (Å²) in [6.45, 7) is 3.36. The second kappa shape index (κ2) is 6.36. The van der Waals surface area contributed by atoms with Crippen molar-refractivity contribution in [2.75, 3.05) is 18.0 Å². The van der Waals surface area contributed by atoms with Gasteiger partial charge >= 0.3 is 5.69 Å².